The second kappa shape index (κ2) is 6.05. The first-order chi connectivity index (χ1) is 11.3. The second-order valence-corrected chi connectivity index (χ2v) is 8.03. The molecular formula is C20H28O4. The van der Waals surface area contributed by atoms with Crippen LogP contribution in [-0.4, -0.2) is 24.1 Å². The highest BCUT2D eigenvalue weighted by Crippen LogP contribution is 2.57. The van der Waals surface area contributed by atoms with Crippen molar-refractivity contribution in [1.29, 1.82) is 0 Å². The highest BCUT2D eigenvalue weighted by molar-refractivity contribution is 5.91. The van der Waals surface area contributed by atoms with E-state index in [-0.39, 0.29) is 29.6 Å². The van der Waals surface area contributed by atoms with E-state index in [4.69, 9.17) is 9.47 Å². The zero-order valence-electron chi connectivity index (χ0n) is 15.3. The summed E-state index contributed by atoms with van der Waals surface area (Å²) in [6.45, 7) is 10.1. The summed E-state index contributed by atoms with van der Waals surface area (Å²) in [7, 11) is 0. The highest BCUT2D eigenvalue weighted by Gasteiger charge is 2.53. The Morgan fingerprint density at radius 2 is 2.04 bits per heavy atom. The molecular weight excluding hydrogens is 304 g/mol. The van der Waals surface area contributed by atoms with Crippen LogP contribution in [0.1, 0.15) is 60.3 Å². The molecule has 0 spiro atoms. The van der Waals surface area contributed by atoms with Crippen molar-refractivity contribution in [2.24, 2.45) is 17.3 Å². The predicted octanol–water partition coefficient (Wildman–Crippen LogP) is 3.95. The molecule has 2 aliphatic carbocycles. The maximum absolute atomic E-state index is 12.1. The lowest BCUT2D eigenvalue weighted by Gasteiger charge is -2.52. The van der Waals surface area contributed by atoms with Gasteiger partial charge in [-0.1, -0.05) is 19.9 Å². The van der Waals surface area contributed by atoms with Crippen LogP contribution in [0.5, 0.6) is 0 Å². The molecule has 3 aliphatic rings. The lowest BCUT2D eigenvalue weighted by atomic mass is 9.54. The van der Waals surface area contributed by atoms with Crippen molar-refractivity contribution in [1.82, 2.24) is 0 Å². The van der Waals surface area contributed by atoms with E-state index in [1.54, 1.807) is 13.0 Å². The van der Waals surface area contributed by atoms with Crippen molar-refractivity contribution in [3.63, 3.8) is 0 Å². The lowest BCUT2D eigenvalue weighted by Crippen LogP contribution is -2.48. The van der Waals surface area contributed by atoms with Gasteiger partial charge in [-0.3, -0.25) is 0 Å². The molecule has 2 fully saturated rings. The molecule has 0 saturated heterocycles. The van der Waals surface area contributed by atoms with Gasteiger partial charge in [0.2, 0.25) is 0 Å². The minimum Gasteiger partial charge on any atom is -0.459 e. The Bertz CT molecular complexity index is 630. The molecule has 4 heteroatoms. The molecule has 4 nitrogen and oxygen atoms in total. The molecule has 0 aromatic rings. The fourth-order valence-corrected chi connectivity index (χ4v) is 4.66. The van der Waals surface area contributed by atoms with E-state index >= 15 is 0 Å². The molecule has 0 unspecified atom stereocenters. The fourth-order valence-electron chi connectivity index (χ4n) is 4.66. The van der Waals surface area contributed by atoms with E-state index in [1.165, 1.54) is 5.57 Å². The number of esters is 2. The smallest absolute Gasteiger partial charge is 0.334 e. The third-order valence-corrected chi connectivity index (χ3v) is 6.75. The summed E-state index contributed by atoms with van der Waals surface area (Å²) in [5, 5.41) is 0. The van der Waals surface area contributed by atoms with Crippen molar-refractivity contribution in [2.75, 3.05) is 0 Å². The van der Waals surface area contributed by atoms with Gasteiger partial charge in [-0.05, 0) is 69.3 Å². The number of ether oxygens (including phenoxy) is 2. The van der Waals surface area contributed by atoms with Gasteiger partial charge in [0.15, 0.2) is 0 Å². The lowest BCUT2D eigenvalue weighted by molar-refractivity contribution is -0.154. The van der Waals surface area contributed by atoms with Gasteiger partial charge in [-0.25, -0.2) is 9.59 Å². The molecule has 2 saturated carbocycles. The summed E-state index contributed by atoms with van der Waals surface area (Å²) in [4.78, 5) is 24.0. The van der Waals surface area contributed by atoms with Crippen LogP contribution in [0.4, 0.5) is 0 Å². The first kappa shape index (κ1) is 17.2. The Hall–Kier alpha value is -1.58. The minimum atomic E-state index is -0.210. The summed E-state index contributed by atoms with van der Waals surface area (Å²) in [5.74, 6) is 0.490. The molecule has 132 valence electrons. The number of carbonyl (C=O) groups is 2. The molecule has 5 atom stereocenters. The van der Waals surface area contributed by atoms with E-state index in [9.17, 15) is 9.59 Å². The van der Waals surface area contributed by atoms with E-state index in [1.807, 2.05) is 13.8 Å². The predicted molar refractivity (Wildman–Crippen MR) is 91.1 cm³/mol. The van der Waals surface area contributed by atoms with Crippen LogP contribution in [0.15, 0.2) is 22.8 Å². The van der Waals surface area contributed by atoms with Crippen molar-refractivity contribution < 1.29 is 19.1 Å². The summed E-state index contributed by atoms with van der Waals surface area (Å²) in [6.07, 6.45) is 5.23. The van der Waals surface area contributed by atoms with E-state index < -0.39 is 0 Å². The van der Waals surface area contributed by atoms with Gasteiger partial charge in [0.05, 0.1) is 0 Å². The third-order valence-electron chi connectivity index (χ3n) is 6.75. The molecule has 0 aromatic heterocycles. The third kappa shape index (κ3) is 2.70. The van der Waals surface area contributed by atoms with Gasteiger partial charge in [0.25, 0.3) is 0 Å². The van der Waals surface area contributed by atoms with E-state index in [0.717, 1.165) is 31.3 Å². The molecule has 3 rings (SSSR count). The Labute approximate surface area is 144 Å². The number of carbonyl (C=O) groups excluding carboxylic acids is 2. The standard InChI is InChI=1S/C20H28O4/c1-6-11(2)18(21)23-15-7-12(3)20(5)10-16-13(4)19(22)24-17(16)9-14(20)8-15/h6,12,14-15,17H,7-10H2,1-5H3/b11-6-/t12-,14+,15+,17-,20+/m0/s1. The highest BCUT2D eigenvalue weighted by atomic mass is 16.6. The Morgan fingerprint density at radius 3 is 2.71 bits per heavy atom. The van der Waals surface area contributed by atoms with Crippen LogP contribution in [0.25, 0.3) is 0 Å². The average Bonchev–Trinajstić information content (AvgIpc) is 2.80. The number of rotatable bonds is 2. The number of allylic oxidation sites excluding steroid dienone is 1. The number of fused-ring (bicyclic) bond motifs is 2. The van der Waals surface area contributed by atoms with Crippen LogP contribution in [-0.2, 0) is 19.1 Å². The maximum atomic E-state index is 12.1. The van der Waals surface area contributed by atoms with Crippen LogP contribution < -0.4 is 0 Å². The monoisotopic (exact) mass is 332 g/mol. The van der Waals surface area contributed by atoms with Crippen LogP contribution >= 0.6 is 0 Å². The van der Waals surface area contributed by atoms with E-state index in [2.05, 4.69) is 13.8 Å². The van der Waals surface area contributed by atoms with E-state index in [0.29, 0.717) is 17.4 Å². The van der Waals surface area contributed by atoms with Gasteiger partial charge in [-0.2, -0.15) is 0 Å². The molecule has 24 heavy (non-hydrogen) atoms. The first-order valence-electron chi connectivity index (χ1n) is 9.00. The van der Waals surface area contributed by atoms with Gasteiger partial charge in [0.1, 0.15) is 12.2 Å². The van der Waals surface area contributed by atoms with Crippen molar-refractivity contribution >= 4 is 11.9 Å². The van der Waals surface area contributed by atoms with Gasteiger partial charge in [0, 0.05) is 11.1 Å². The SMILES string of the molecule is C/C=C(/C)C(=O)O[C@H]1C[C@@H]2C[C@@H]3OC(=O)C(C)=C3C[C@]2(C)[C@@H](C)C1. The molecule has 0 radical (unpaired) electrons. The maximum Gasteiger partial charge on any atom is 0.334 e. The van der Waals surface area contributed by atoms with Gasteiger partial charge >= 0.3 is 11.9 Å². The average molecular weight is 332 g/mol. The Morgan fingerprint density at radius 1 is 1.33 bits per heavy atom. The quantitative estimate of drug-likeness (QED) is 0.567. The summed E-state index contributed by atoms with van der Waals surface area (Å²) < 4.78 is 11.3. The van der Waals surface area contributed by atoms with Gasteiger partial charge < -0.3 is 9.47 Å². The molecule has 0 bridgehead atoms. The Kier molecular flexibility index (Phi) is 4.35. The van der Waals surface area contributed by atoms with Crippen LogP contribution in [0.3, 0.4) is 0 Å². The molecule has 0 aromatic carbocycles. The summed E-state index contributed by atoms with van der Waals surface area (Å²) in [5.41, 5.74) is 2.82. The van der Waals surface area contributed by atoms with Crippen LogP contribution in [0.2, 0.25) is 0 Å². The zero-order valence-corrected chi connectivity index (χ0v) is 15.3. The fraction of sp³-hybridized carbons (Fsp3) is 0.700. The van der Waals surface area contributed by atoms with Crippen molar-refractivity contribution in [3.05, 3.63) is 22.8 Å². The first-order valence-corrected chi connectivity index (χ1v) is 9.00. The normalized spacial score (nSPS) is 39.2. The largest absolute Gasteiger partial charge is 0.459 e. The number of hydrogen-bond donors (Lipinski definition) is 0. The summed E-state index contributed by atoms with van der Waals surface area (Å²) >= 11 is 0. The topological polar surface area (TPSA) is 52.6 Å². The van der Waals surface area contributed by atoms with Gasteiger partial charge in [-0.15, -0.1) is 0 Å². The second-order valence-electron chi connectivity index (χ2n) is 8.03. The molecule has 0 amide bonds. The van der Waals surface area contributed by atoms with Crippen molar-refractivity contribution in [3.8, 4) is 0 Å². The molecule has 1 heterocycles. The summed E-state index contributed by atoms with van der Waals surface area (Å²) in [6, 6.07) is 0. The minimum absolute atomic E-state index is 0.0378. The molecule has 1 aliphatic heterocycles. The van der Waals surface area contributed by atoms with Crippen LogP contribution in [0, 0.1) is 17.3 Å². The molecule has 0 N–H and O–H groups in total. The van der Waals surface area contributed by atoms with Crippen molar-refractivity contribution in [2.45, 2.75) is 72.5 Å². The Balaban J connectivity index is 1.77. The zero-order chi connectivity index (χ0) is 17.6. The number of hydrogen-bond acceptors (Lipinski definition) is 4.